The molecular weight excluding hydrogens is 432 g/mol. The molecule has 0 heterocycles. The lowest BCUT2D eigenvalue weighted by atomic mass is 10.1. The maximum absolute atomic E-state index is 5.75. The summed E-state index contributed by atoms with van der Waals surface area (Å²) in [7, 11) is 0. The van der Waals surface area contributed by atoms with Crippen LogP contribution in [-0.4, -0.2) is 39.6 Å². The lowest BCUT2D eigenvalue weighted by molar-refractivity contribution is 0.0790. The highest BCUT2D eigenvalue weighted by molar-refractivity contribution is 4.81. The van der Waals surface area contributed by atoms with Gasteiger partial charge in [-0.05, 0) is 64.7 Å². The van der Waals surface area contributed by atoms with Crippen molar-refractivity contribution in [3.05, 3.63) is 24.3 Å². The lowest BCUT2D eigenvalue weighted by Crippen LogP contribution is -2.03. The van der Waals surface area contributed by atoms with Gasteiger partial charge in [0.1, 0.15) is 0 Å². The van der Waals surface area contributed by atoms with Crippen molar-refractivity contribution >= 4 is 0 Å². The van der Waals surface area contributed by atoms with Crippen LogP contribution in [0.3, 0.4) is 0 Å². The Labute approximate surface area is 220 Å². The Balaban J connectivity index is 3.06. The van der Waals surface area contributed by atoms with Gasteiger partial charge in [0.15, 0.2) is 0 Å². The number of rotatable bonds is 30. The van der Waals surface area contributed by atoms with Crippen LogP contribution in [0.25, 0.3) is 0 Å². The van der Waals surface area contributed by atoms with E-state index in [0.29, 0.717) is 0 Å². The van der Waals surface area contributed by atoms with Gasteiger partial charge >= 0.3 is 0 Å². The van der Waals surface area contributed by atoms with Gasteiger partial charge in [0.25, 0.3) is 0 Å². The molecule has 0 rings (SSSR count). The molecule has 0 spiro atoms. The highest BCUT2D eigenvalue weighted by Crippen LogP contribution is 2.10. The van der Waals surface area contributed by atoms with Gasteiger partial charge in [-0.25, -0.2) is 0 Å². The van der Waals surface area contributed by atoms with Gasteiger partial charge in [0.05, 0.1) is 6.61 Å². The maximum atomic E-state index is 5.75. The second-order valence-electron chi connectivity index (χ2n) is 9.90. The summed E-state index contributed by atoms with van der Waals surface area (Å²) >= 11 is 0. The van der Waals surface area contributed by atoms with Crippen molar-refractivity contribution in [1.29, 1.82) is 0 Å². The second kappa shape index (κ2) is 33.4. The Morgan fingerprint density at radius 3 is 1.26 bits per heavy atom. The van der Waals surface area contributed by atoms with Crippen molar-refractivity contribution in [2.45, 2.75) is 142 Å². The van der Waals surface area contributed by atoms with Crippen LogP contribution in [0.1, 0.15) is 142 Å². The van der Waals surface area contributed by atoms with Crippen molar-refractivity contribution < 1.29 is 14.2 Å². The zero-order valence-electron chi connectivity index (χ0n) is 23.9. The third-order valence-electron chi connectivity index (χ3n) is 6.37. The predicted molar refractivity (Wildman–Crippen MR) is 154 cm³/mol. The Morgan fingerprint density at radius 2 is 0.771 bits per heavy atom. The molecule has 0 fully saturated rings. The molecule has 0 aromatic carbocycles. The van der Waals surface area contributed by atoms with Gasteiger partial charge in [-0.3, -0.25) is 0 Å². The molecule has 0 saturated carbocycles. The fourth-order valence-electron chi connectivity index (χ4n) is 4.10. The van der Waals surface area contributed by atoms with Gasteiger partial charge in [-0.2, -0.15) is 0 Å². The van der Waals surface area contributed by atoms with Crippen molar-refractivity contribution in [1.82, 2.24) is 0 Å². The van der Waals surface area contributed by atoms with Gasteiger partial charge in [0, 0.05) is 33.0 Å². The Kier molecular flexibility index (Phi) is 32.7. The highest BCUT2D eigenvalue weighted by atomic mass is 16.5. The van der Waals surface area contributed by atoms with Crippen LogP contribution >= 0.6 is 0 Å². The van der Waals surface area contributed by atoms with Crippen LogP contribution in [0.2, 0.25) is 0 Å². The van der Waals surface area contributed by atoms with E-state index in [1.54, 1.807) is 0 Å². The van der Waals surface area contributed by atoms with Crippen molar-refractivity contribution in [3.63, 3.8) is 0 Å². The van der Waals surface area contributed by atoms with E-state index in [9.17, 15) is 0 Å². The van der Waals surface area contributed by atoms with Crippen LogP contribution in [0, 0.1) is 0 Å². The first-order chi connectivity index (χ1) is 17.4. The Bertz CT molecular complexity index is 419. The molecule has 0 bridgehead atoms. The first-order valence-corrected chi connectivity index (χ1v) is 15.4. The van der Waals surface area contributed by atoms with E-state index in [1.165, 1.54) is 109 Å². The molecule has 0 aliphatic rings. The number of hydrogen-bond acceptors (Lipinski definition) is 3. The zero-order valence-corrected chi connectivity index (χ0v) is 23.9. The third-order valence-corrected chi connectivity index (χ3v) is 6.37. The number of unbranched alkanes of at least 4 members (excludes halogenated alkanes) is 15. The maximum Gasteiger partial charge on any atom is 0.0500 e. The number of allylic oxidation sites excluding steroid dienone is 3. The predicted octanol–water partition coefficient (Wildman–Crippen LogP) is 9.99. The molecular formula is C32H62O3. The Morgan fingerprint density at radius 1 is 0.371 bits per heavy atom. The highest BCUT2D eigenvalue weighted by Gasteiger charge is 1.95. The van der Waals surface area contributed by atoms with E-state index in [2.05, 4.69) is 38.2 Å². The smallest absolute Gasteiger partial charge is 0.0500 e. The summed E-state index contributed by atoms with van der Waals surface area (Å²) in [6, 6.07) is 0. The molecule has 35 heavy (non-hydrogen) atoms. The summed E-state index contributed by atoms with van der Waals surface area (Å²) in [4.78, 5) is 0. The summed E-state index contributed by atoms with van der Waals surface area (Å²) in [6.45, 7) is 9.56. The molecule has 0 aromatic heterocycles. The lowest BCUT2D eigenvalue weighted by Gasteiger charge is -2.06. The SMILES string of the molecule is C/C=C/CCOCCCCCCOCCCOCCCCCCCC/C=C\CCCCCCCC. The minimum atomic E-state index is 0.835. The van der Waals surface area contributed by atoms with E-state index >= 15 is 0 Å². The molecule has 0 unspecified atom stereocenters. The van der Waals surface area contributed by atoms with Gasteiger partial charge in [-0.15, -0.1) is 0 Å². The molecule has 0 atom stereocenters. The molecule has 0 aliphatic heterocycles. The molecule has 3 nitrogen and oxygen atoms in total. The fraction of sp³-hybridized carbons (Fsp3) is 0.875. The topological polar surface area (TPSA) is 27.7 Å². The largest absolute Gasteiger partial charge is 0.381 e. The van der Waals surface area contributed by atoms with E-state index in [1.807, 2.05) is 0 Å². The van der Waals surface area contributed by atoms with Gasteiger partial charge in [-0.1, -0.05) is 102 Å². The zero-order chi connectivity index (χ0) is 25.3. The van der Waals surface area contributed by atoms with Crippen LogP contribution in [-0.2, 0) is 14.2 Å². The van der Waals surface area contributed by atoms with Gasteiger partial charge in [0.2, 0.25) is 0 Å². The first kappa shape index (κ1) is 34.4. The number of ether oxygens (including phenoxy) is 3. The average molecular weight is 495 g/mol. The Hall–Kier alpha value is -0.640. The first-order valence-electron chi connectivity index (χ1n) is 15.4. The quantitative estimate of drug-likeness (QED) is 0.0734. The number of hydrogen-bond donors (Lipinski definition) is 0. The molecule has 3 heteroatoms. The van der Waals surface area contributed by atoms with Crippen LogP contribution in [0.15, 0.2) is 24.3 Å². The summed E-state index contributed by atoms with van der Waals surface area (Å²) < 4.78 is 17.1. The monoisotopic (exact) mass is 494 g/mol. The van der Waals surface area contributed by atoms with E-state index in [4.69, 9.17) is 14.2 Å². The molecule has 208 valence electrons. The summed E-state index contributed by atoms with van der Waals surface area (Å²) in [5.74, 6) is 0. The molecule has 0 aromatic rings. The van der Waals surface area contributed by atoms with Crippen LogP contribution in [0.4, 0.5) is 0 Å². The fourth-order valence-corrected chi connectivity index (χ4v) is 4.10. The molecule has 0 radical (unpaired) electrons. The summed E-state index contributed by atoms with van der Waals surface area (Å²) in [5, 5.41) is 0. The van der Waals surface area contributed by atoms with E-state index in [0.717, 1.165) is 58.9 Å². The van der Waals surface area contributed by atoms with Crippen LogP contribution < -0.4 is 0 Å². The van der Waals surface area contributed by atoms with Crippen LogP contribution in [0.5, 0.6) is 0 Å². The minimum Gasteiger partial charge on any atom is -0.381 e. The molecule has 0 amide bonds. The summed E-state index contributed by atoms with van der Waals surface area (Å²) in [6.07, 6.45) is 34.9. The molecule has 0 saturated heterocycles. The van der Waals surface area contributed by atoms with E-state index in [-0.39, 0.29) is 0 Å². The minimum absolute atomic E-state index is 0.835. The standard InChI is InChI=1S/C32H62O3/c1-3-5-7-8-9-10-11-12-13-14-15-16-17-18-19-23-29-34-31-26-32-35-30-25-21-20-24-28-33-27-22-6-4-2/h4,6,12-13H,3,5,7-11,14-32H2,1-2H3/b6-4+,13-12-. The molecule has 0 aliphatic carbocycles. The average Bonchev–Trinajstić information content (AvgIpc) is 2.87. The van der Waals surface area contributed by atoms with Crippen molar-refractivity contribution in [2.75, 3.05) is 39.6 Å². The normalized spacial score (nSPS) is 11.9. The summed E-state index contributed by atoms with van der Waals surface area (Å²) in [5.41, 5.74) is 0. The molecule has 0 N–H and O–H groups in total. The third kappa shape index (κ3) is 33.4. The van der Waals surface area contributed by atoms with Crippen molar-refractivity contribution in [2.24, 2.45) is 0 Å². The van der Waals surface area contributed by atoms with Crippen molar-refractivity contribution in [3.8, 4) is 0 Å². The van der Waals surface area contributed by atoms with Gasteiger partial charge < -0.3 is 14.2 Å². The van der Waals surface area contributed by atoms with E-state index < -0.39 is 0 Å². The second-order valence-corrected chi connectivity index (χ2v) is 9.90.